The van der Waals surface area contributed by atoms with E-state index >= 15 is 0 Å². The quantitative estimate of drug-likeness (QED) is 0.292. The highest BCUT2D eigenvalue weighted by atomic mass is 16.6. The van der Waals surface area contributed by atoms with E-state index in [1.807, 2.05) is 0 Å². The van der Waals surface area contributed by atoms with Crippen LogP contribution < -0.4 is 5.32 Å². The van der Waals surface area contributed by atoms with E-state index in [1.54, 1.807) is 0 Å². The monoisotopic (exact) mass is 545 g/mol. The molecule has 2 rings (SSSR count). The van der Waals surface area contributed by atoms with Crippen LogP contribution in [0.15, 0.2) is 0 Å². The van der Waals surface area contributed by atoms with E-state index in [2.05, 4.69) is 5.32 Å². The summed E-state index contributed by atoms with van der Waals surface area (Å²) in [4.78, 5) is 73.3. The molecule has 214 valence electrons. The molecular formula is C24H35NO13. The van der Waals surface area contributed by atoms with E-state index in [4.69, 9.17) is 28.4 Å². The number of rotatable bonds is 8. The molecule has 1 amide bonds. The molecule has 1 spiro atoms. The predicted molar refractivity (Wildman–Crippen MR) is 124 cm³/mol. The molecule has 0 aromatic carbocycles. The summed E-state index contributed by atoms with van der Waals surface area (Å²) < 4.78 is 32.8. The maximum atomic E-state index is 13.3. The summed E-state index contributed by atoms with van der Waals surface area (Å²) in [5.74, 6) is -4.79. The highest BCUT2D eigenvalue weighted by Gasteiger charge is 2.65. The van der Waals surface area contributed by atoms with Gasteiger partial charge in [-0.1, -0.05) is 0 Å². The molecule has 1 unspecified atom stereocenters. The molecule has 0 saturated carbocycles. The third-order valence-electron chi connectivity index (χ3n) is 6.27. The van der Waals surface area contributed by atoms with Gasteiger partial charge in [0.1, 0.15) is 24.4 Å². The minimum atomic E-state index is -2.15. The topological polar surface area (TPSA) is 190 Å². The van der Waals surface area contributed by atoms with Crippen molar-refractivity contribution in [1.29, 1.82) is 0 Å². The number of esters is 5. The van der Waals surface area contributed by atoms with Crippen molar-refractivity contribution in [3.8, 4) is 0 Å². The lowest BCUT2D eigenvalue weighted by Crippen LogP contribution is -2.73. The molecule has 38 heavy (non-hydrogen) atoms. The highest BCUT2D eigenvalue weighted by Crippen LogP contribution is 2.45. The third kappa shape index (κ3) is 7.40. The normalized spacial score (nSPS) is 30.6. The second-order valence-corrected chi connectivity index (χ2v) is 9.53. The lowest BCUT2D eigenvalue weighted by molar-refractivity contribution is -0.275. The van der Waals surface area contributed by atoms with Crippen LogP contribution in [0.2, 0.25) is 0 Å². The largest absolute Gasteiger partial charge is 0.463 e. The highest BCUT2D eigenvalue weighted by molar-refractivity contribution is 5.82. The molecule has 2 aliphatic heterocycles. The Morgan fingerprint density at radius 2 is 1.66 bits per heavy atom. The van der Waals surface area contributed by atoms with Gasteiger partial charge in [0.15, 0.2) is 17.8 Å². The van der Waals surface area contributed by atoms with Gasteiger partial charge in [-0.2, -0.15) is 0 Å². The van der Waals surface area contributed by atoms with Crippen LogP contribution in [0.4, 0.5) is 0 Å². The standard InChI is InChI=1S/C24H35NO13/c1-12(26)25-19-17(35-14(3)28)10-24(22(31)33-9-7-8-23(24,6)32)38-21(19)20(37-16(5)30)18(36-15(4)29)11-34-13(2)27/h17-21,32H,7-11H2,1-6H3,(H,25,26)/t17-,18+,19+,20+,21+,23?,24+/m0/s1. The van der Waals surface area contributed by atoms with Gasteiger partial charge in [-0.05, 0) is 19.8 Å². The Labute approximate surface area is 219 Å². The molecule has 0 bridgehead atoms. The molecule has 2 N–H and O–H groups in total. The Bertz CT molecular complexity index is 948. The van der Waals surface area contributed by atoms with Crippen molar-refractivity contribution in [1.82, 2.24) is 5.32 Å². The van der Waals surface area contributed by atoms with Crippen molar-refractivity contribution in [3.05, 3.63) is 0 Å². The molecule has 0 aliphatic carbocycles. The Hall–Kier alpha value is -3.26. The first-order valence-corrected chi connectivity index (χ1v) is 12.1. The van der Waals surface area contributed by atoms with Gasteiger partial charge < -0.3 is 38.8 Å². The molecule has 0 aromatic rings. The van der Waals surface area contributed by atoms with E-state index in [0.29, 0.717) is 0 Å². The number of nitrogens with one attached hydrogen (secondary N) is 1. The van der Waals surface area contributed by atoms with Gasteiger partial charge in [-0.25, -0.2) is 4.79 Å². The second-order valence-electron chi connectivity index (χ2n) is 9.53. The molecule has 0 aromatic heterocycles. The van der Waals surface area contributed by atoms with Crippen LogP contribution in [0.5, 0.6) is 0 Å². The van der Waals surface area contributed by atoms with E-state index in [9.17, 15) is 33.9 Å². The average molecular weight is 546 g/mol. The molecule has 14 nitrogen and oxygen atoms in total. The minimum Gasteiger partial charge on any atom is -0.463 e. The fraction of sp³-hybridized carbons (Fsp3) is 0.750. The molecular weight excluding hydrogens is 510 g/mol. The molecule has 2 heterocycles. The molecule has 2 aliphatic rings. The predicted octanol–water partition coefficient (Wildman–Crippen LogP) is -0.535. The van der Waals surface area contributed by atoms with Crippen LogP contribution in [0.25, 0.3) is 0 Å². The van der Waals surface area contributed by atoms with Gasteiger partial charge in [0.2, 0.25) is 5.91 Å². The number of hydrogen-bond acceptors (Lipinski definition) is 13. The SMILES string of the molecule is CC(=O)N[C@H]1[C@H]([C@H](OC(C)=O)[C@@H](COC(C)=O)OC(C)=O)O[C@]2(C[C@@H]1OC(C)=O)C(=O)OCCCC2(C)O. The number of cyclic esters (lactones) is 1. The van der Waals surface area contributed by atoms with E-state index in [1.165, 1.54) is 13.8 Å². The fourth-order valence-electron chi connectivity index (χ4n) is 4.74. The Balaban J connectivity index is 2.75. The van der Waals surface area contributed by atoms with E-state index in [0.717, 1.165) is 27.7 Å². The molecule has 14 heteroatoms. The van der Waals surface area contributed by atoms with Crippen molar-refractivity contribution in [2.45, 2.75) is 102 Å². The summed E-state index contributed by atoms with van der Waals surface area (Å²) in [6, 6.07) is -1.27. The van der Waals surface area contributed by atoms with Crippen LogP contribution in [0.1, 0.15) is 60.8 Å². The van der Waals surface area contributed by atoms with Crippen molar-refractivity contribution in [2.75, 3.05) is 13.2 Å². The summed E-state index contributed by atoms with van der Waals surface area (Å²) in [6.07, 6.45) is -6.06. The number of ether oxygens (including phenoxy) is 6. The summed E-state index contributed by atoms with van der Waals surface area (Å²) in [5.41, 5.74) is -4.02. The zero-order valence-corrected chi connectivity index (χ0v) is 22.3. The maximum Gasteiger partial charge on any atom is 0.341 e. The van der Waals surface area contributed by atoms with Gasteiger partial charge in [-0.15, -0.1) is 0 Å². The van der Waals surface area contributed by atoms with Crippen LogP contribution in [-0.2, 0) is 57.2 Å². The lowest BCUT2D eigenvalue weighted by Gasteiger charge is -2.52. The molecule has 2 saturated heterocycles. The lowest BCUT2D eigenvalue weighted by atomic mass is 9.73. The van der Waals surface area contributed by atoms with Crippen LogP contribution in [-0.4, -0.2) is 95.7 Å². The van der Waals surface area contributed by atoms with Crippen molar-refractivity contribution in [3.63, 3.8) is 0 Å². The number of carbonyl (C=O) groups is 6. The smallest absolute Gasteiger partial charge is 0.341 e. The zero-order valence-electron chi connectivity index (χ0n) is 22.3. The van der Waals surface area contributed by atoms with Gasteiger partial charge in [0, 0.05) is 41.0 Å². The third-order valence-corrected chi connectivity index (χ3v) is 6.27. The van der Waals surface area contributed by atoms with Crippen molar-refractivity contribution in [2.24, 2.45) is 0 Å². The van der Waals surface area contributed by atoms with Gasteiger partial charge in [0.05, 0.1) is 12.6 Å². The van der Waals surface area contributed by atoms with Gasteiger partial charge in [0.25, 0.3) is 0 Å². The zero-order chi connectivity index (χ0) is 28.8. The Kier molecular flexibility index (Phi) is 10.2. The molecule has 2 fully saturated rings. The van der Waals surface area contributed by atoms with E-state index in [-0.39, 0.29) is 19.4 Å². The van der Waals surface area contributed by atoms with Crippen LogP contribution in [0.3, 0.4) is 0 Å². The van der Waals surface area contributed by atoms with Gasteiger partial charge in [-0.3, -0.25) is 24.0 Å². The van der Waals surface area contributed by atoms with Crippen LogP contribution >= 0.6 is 0 Å². The first kappa shape index (κ1) is 31.0. The first-order chi connectivity index (χ1) is 17.6. The summed E-state index contributed by atoms with van der Waals surface area (Å²) in [7, 11) is 0. The van der Waals surface area contributed by atoms with Gasteiger partial charge >= 0.3 is 29.8 Å². The first-order valence-electron chi connectivity index (χ1n) is 12.1. The average Bonchev–Trinajstić information content (AvgIpc) is 2.87. The van der Waals surface area contributed by atoms with E-state index < -0.39 is 90.4 Å². The number of carbonyl (C=O) groups excluding carboxylic acids is 6. The molecule has 0 radical (unpaired) electrons. The summed E-state index contributed by atoms with van der Waals surface area (Å²) in [5, 5.41) is 14.0. The molecule has 7 atom stereocenters. The second kappa shape index (κ2) is 12.5. The Morgan fingerprint density at radius 1 is 1.03 bits per heavy atom. The van der Waals surface area contributed by atoms with Crippen molar-refractivity contribution < 1.29 is 62.3 Å². The summed E-state index contributed by atoms with van der Waals surface area (Å²) in [6.45, 7) is 6.24. The minimum absolute atomic E-state index is 0.0198. The number of aliphatic hydroxyl groups is 1. The van der Waals surface area contributed by atoms with Crippen molar-refractivity contribution >= 4 is 35.8 Å². The summed E-state index contributed by atoms with van der Waals surface area (Å²) >= 11 is 0. The number of amides is 1. The van der Waals surface area contributed by atoms with Crippen LogP contribution in [0, 0.1) is 0 Å². The maximum absolute atomic E-state index is 13.3. The fourth-order valence-corrected chi connectivity index (χ4v) is 4.74. The Morgan fingerprint density at radius 3 is 2.18 bits per heavy atom. The number of hydrogen-bond donors (Lipinski definition) is 2.